The predicted molar refractivity (Wildman–Crippen MR) is 70.9 cm³/mol. The average Bonchev–Trinajstić information content (AvgIpc) is 2.70. The first-order valence-corrected chi connectivity index (χ1v) is 6.19. The smallest absolute Gasteiger partial charge is 0.414 e. The number of carboxylic acids is 1. The van der Waals surface area contributed by atoms with Crippen LogP contribution in [-0.2, 0) is 14.4 Å². The van der Waals surface area contributed by atoms with Crippen molar-refractivity contribution in [1.82, 2.24) is 9.36 Å². The van der Waals surface area contributed by atoms with Crippen LogP contribution in [0.4, 0.5) is 9.93 Å². The zero-order valence-corrected chi connectivity index (χ0v) is 12.1. The van der Waals surface area contributed by atoms with Gasteiger partial charge in [0.2, 0.25) is 16.7 Å². The number of carbonyl (C=O) groups excluding carboxylic acids is 1. The van der Waals surface area contributed by atoms with Gasteiger partial charge in [0, 0.05) is 11.5 Å². The molecule has 0 saturated heterocycles. The Morgan fingerprint density at radius 1 is 1.40 bits per heavy atom. The number of anilines is 1. The molecule has 0 bridgehead atoms. The normalized spacial score (nSPS) is 11.9. The Morgan fingerprint density at radius 3 is 2.55 bits per heavy atom. The standard InChI is InChI=1S/C10H14N4O5S/c1-10(2,3)19-9(17)12-8-11-6(14-20-8)5(7(15)16)13-18-4/h1-4H3,(H,15,16)(H,11,12,14,17)/b13-5+. The Morgan fingerprint density at radius 2 is 2.05 bits per heavy atom. The summed E-state index contributed by atoms with van der Waals surface area (Å²) < 4.78 is 8.80. The summed E-state index contributed by atoms with van der Waals surface area (Å²) in [6.45, 7) is 5.14. The zero-order chi connectivity index (χ0) is 15.3. The number of aromatic nitrogens is 2. The molecule has 1 amide bonds. The summed E-state index contributed by atoms with van der Waals surface area (Å²) in [6.07, 6.45) is -0.708. The van der Waals surface area contributed by atoms with E-state index in [1.165, 1.54) is 7.11 Å². The molecule has 9 nitrogen and oxygen atoms in total. The maximum atomic E-state index is 11.5. The number of hydrogen-bond donors (Lipinski definition) is 2. The van der Waals surface area contributed by atoms with Crippen molar-refractivity contribution >= 4 is 34.4 Å². The number of ether oxygens (including phenoxy) is 1. The number of carboxylic acid groups (broad SMARTS) is 1. The fraction of sp³-hybridized carbons (Fsp3) is 0.500. The van der Waals surface area contributed by atoms with Crippen LogP contribution in [0.3, 0.4) is 0 Å². The van der Waals surface area contributed by atoms with Crippen LogP contribution in [0.15, 0.2) is 5.16 Å². The summed E-state index contributed by atoms with van der Waals surface area (Å²) in [6, 6.07) is 0. The average molecular weight is 302 g/mol. The minimum Gasteiger partial charge on any atom is -0.476 e. The molecular formula is C10H14N4O5S. The molecule has 0 aliphatic carbocycles. The van der Waals surface area contributed by atoms with E-state index in [2.05, 4.69) is 24.7 Å². The molecule has 0 spiro atoms. The van der Waals surface area contributed by atoms with Gasteiger partial charge in [0.15, 0.2) is 0 Å². The van der Waals surface area contributed by atoms with E-state index >= 15 is 0 Å². The van der Waals surface area contributed by atoms with Crippen molar-refractivity contribution in [3.8, 4) is 0 Å². The first-order valence-electron chi connectivity index (χ1n) is 5.41. The maximum absolute atomic E-state index is 11.5. The summed E-state index contributed by atoms with van der Waals surface area (Å²) in [5.41, 5.74) is -1.11. The van der Waals surface area contributed by atoms with Crippen molar-refractivity contribution in [3.05, 3.63) is 5.82 Å². The van der Waals surface area contributed by atoms with Gasteiger partial charge in [-0.25, -0.2) is 9.59 Å². The molecular weight excluding hydrogens is 288 g/mol. The number of nitrogens with zero attached hydrogens (tertiary/aromatic N) is 3. The molecule has 1 heterocycles. The number of carbonyl (C=O) groups is 2. The molecule has 0 aliphatic rings. The van der Waals surface area contributed by atoms with Crippen molar-refractivity contribution in [2.24, 2.45) is 5.16 Å². The highest BCUT2D eigenvalue weighted by molar-refractivity contribution is 7.10. The number of aliphatic carboxylic acids is 1. The lowest BCUT2D eigenvalue weighted by atomic mass is 10.2. The molecule has 1 aromatic rings. The third-order valence-electron chi connectivity index (χ3n) is 1.63. The second-order valence-electron chi connectivity index (χ2n) is 4.48. The van der Waals surface area contributed by atoms with E-state index in [0.29, 0.717) is 0 Å². The molecule has 0 radical (unpaired) electrons. The van der Waals surface area contributed by atoms with Crippen LogP contribution >= 0.6 is 11.5 Å². The van der Waals surface area contributed by atoms with E-state index in [-0.39, 0.29) is 11.0 Å². The van der Waals surface area contributed by atoms with Gasteiger partial charge in [-0.3, -0.25) is 5.32 Å². The van der Waals surface area contributed by atoms with Gasteiger partial charge in [0.1, 0.15) is 12.7 Å². The molecule has 1 rings (SSSR count). The molecule has 20 heavy (non-hydrogen) atoms. The quantitative estimate of drug-likeness (QED) is 0.635. The Bertz CT molecular complexity index is 534. The van der Waals surface area contributed by atoms with Crippen molar-refractivity contribution in [2.75, 3.05) is 12.4 Å². The number of hydrogen-bond acceptors (Lipinski definition) is 8. The highest BCUT2D eigenvalue weighted by atomic mass is 32.1. The molecule has 0 unspecified atom stereocenters. The summed E-state index contributed by atoms with van der Waals surface area (Å²) >= 11 is 0.803. The van der Waals surface area contributed by atoms with Gasteiger partial charge in [-0.1, -0.05) is 5.16 Å². The van der Waals surface area contributed by atoms with E-state index in [0.717, 1.165) is 11.5 Å². The van der Waals surface area contributed by atoms with Gasteiger partial charge >= 0.3 is 12.1 Å². The summed E-state index contributed by atoms with van der Waals surface area (Å²) in [5, 5.41) is 14.7. The van der Waals surface area contributed by atoms with E-state index in [4.69, 9.17) is 9.84 Å². The minimum absolute atomic E-state index is 0.0966. The van der Waals surface area contributed by atoms with Crippen LogP contribution in [0, 0.1) is 0 Å². The fourth-order valence-electron chi connectivity index (χ4n) is 1.03. The topological polar surface area (TPSA) is 123 Å². The highest BCUT2D eigenvalue weighted by Crippen LogP contribution is 2.14. The molecule has 0 fully saturated rings. The van der Waals surface area contributed by atoms with Gasteiger partial charge in [-0.2, -0.15) is 9.36 Å². The Kier molecular flexibility index (Phi) is 4.97. The zero-order valence-electron chi connectivity index (χ0n) is 11.3. The van der Waals surface area contributed by atoms with E-state index < -0.39 is 23.4 Å². The Labute approximate surface area is 118 Å². The molecule has 10 heteroatoms. The molecule has 0 atom stereocenters. The van der Waals surface area contributed by atoms with Crippen LogP contribution in [0.2, 0.25) is 0 Å². The number of nitrogens with one attached hydrogen (secondary N) is 1. The van der Waals surface area contributed by atoms with Gasteiger partial charge in [0.05, 0.1) is 0 Å². The molecule has 0 saturated carbocycles. The van der Waals surface area contributed by atoms with Gasteiger partial charge in [0.25, 0.3) is 0 Å². The van der Waals surface area contributed by atoms with Crippen molar-refractivity contribution in [1.29, 1.82) is 0 Å². The van der Waals surface area contributed by atoms with Gasteiger partial charge in [-0.15, -0.1) is 0 Å². The van der Waals surface area contributed by atoms with Crippen LogP contribution in [0.5, 0.6) is 0 Å². The lowest BCUT2D eigenvalue weighted by Gasteiger charge is -2.18. The van der Waals surface area contributed by atoms with Crippen LogP contribution in [0.1, 0.15) is 26.6 Å². The molecule has 0 aliphatic heterocycles. The lowest BCUT2D eigenvalue weighted by Crippen LogP contribution is -2.27. The first kappa shape index (κ1) is 15.8. The van der Waals surface area contributed by atoms with E-state index in [1.54, 1.807) is 20.8 Å². The monoisotopic (exact) mass is 302 g/mol. The van der Waals surface area contributed by atoms with Crippen LogP contribution in [-0.4, -0.2) is 44.9 Å². The van der Waals surface area contributed by atoms with Crippen LogP contribution in [0.25, 0.3) is 0 Å². The van der Waals surface area contributed by atoms with Crippen molar-refractivity contribution in [3.63, 3.8) is 0 Å². The van der Waals surface area contributed by atoms with E-state index in [1.807, 2.05) is 0 Å². The third kappa shape index (κ3) is 4.80. The van der Waals surface area contributed by atoms with E-state index in [9.17, 15) is 9.59 Å². The third-order valence-corrected chi connectivity index (χ3v) is 2.26. The number of amides is 1. The first-order chi connectivity index (χ1) is 9.23. The molecule has 1 aromatic heterocycles. The van der Waals surface area contributed by atoms with Gasteiger partial charge in [-0.05, 0) is 20.8 Å². The van der Waals surface area contributed by atoms with Gasteiger partial charge < -0.3 is 14.7 Å². The van der Waals surface area contributed by atoms with Crippen LogP contribution < -0.4 is 5.32 Å². The number of oxime groups is 1. The fourth-order valence-corrected chi connectivity index (χ4v) is 1.58. The maximum Gasteiger partial charge on any atom is 0.414 e. The summed E-state index contributed by atoms with van der Waals surface area (Å²) in [4.78, 5) is 30.6. The molecule has 2 N–H and O–H groups in total. The Hall–Kier alpha value is -2.23. The highest BCUT2D eigenvalue weighted by Gasteiger charge is 2.21. The second-order valence-corrected chi connectivity index (χ2v) is 5.23. The lowest BCUT2D eigenvalue weighted by molar-refractivity contribution is -0.129. The molecule has 110 valence electrons. The summed E-state index contributed by atoms with van der Waals surface area (Å²) in [5.74, 6) is -1.50. The predicted octanol–water partition coefficient (Wildman–Crippen LogP) is 1.32. The van der Waals surface area contributed by atoms with Crippen molar-refractivity contribution < 1.29 is 24.3 Å². The number of rotatable bonds is 4. The second kappa shape index (κ2) is 6.28. The van der Waals surface area contributed by atoms with Crippen molar-refractivity contribution in [2.45, 2.75) is 26.4 Å². The molecule has 0 aromatic carbocycles. The Balaban J connectivity index is 2.80. The SMILES string of the molecule is CO/N=C(/C(=O)O)c1nsc(NC(=O)OC(C)(C)C)n1. The largest absolute Gasteiger partial charge is 0.476 e. The minimum atomic E-state index is -1.34. The summed E-state index contributed by atoms with van der Waals surface area (Å²) in [7, 11) is 1.20.